The molecule has 0 N–H and O–H groups in total. The fraction of sp³-hybridized carbons (Fsp3) is 0.421. The first-order valence-corrected chi connectivity index (χ1v) is 7.41. The molecule has 0 heterocycles. The highest BCUT2D eigenvalue weighted by atomic mass is 19.1. The molecule has 0 saturated heterocycles. The van der Waals surface area contributed by atoms with Gasteiger partial charge in [-0.2, -0.15) is 0 Å². The second-order valence-corrected chi connectivity index (χ2v) is 6.22. The lowest BCUT2D eigenvalue weighted by Gasteiger charge is -2.32. The fourth-order valence-corrected chi connectivity index (χ4v) is 2.68. The predicted molar refractivity (Wildman–Crippen MR) is 87.6 cm³/mol. The summed E-state index contributed by atoms with van der Waals surface area (Å²) in [5.41, 5.74) is 3.53. The summed E-state index contributed by atoms with van der Waals surface area (Å²) in [7, 11) is 0. The van der Waals surface area contributed by atoms with Gasteiger partial charge in [0.2, 0.25) is 0 Å². The van der Waals surface area contributed by atoms with E-state index in [0.717, 1.165) is 24.7 Å². The number of hydrogen-bond donors (Lipinski definition) is 0. The zero-order valence-electron chi connectivity index (χ0n) is 13.4. The molecule has 0 atom stereocenters. The van der Waals surface area contributed by atoms with Crippen molar-refractivity contribution in [1.82, 2.24) is 0 Å². The molecule has 0 bridgehead atoms. The molecule has 0 amide bonds. The van der Waals surface area contributed by atoms with Gasteiger partial charge >= 0.3 is 0 Å². The molecule has 0 radical (unpaired) electrons. The molecule has 21 heavy (non-hydrogen) atoms. The van der Waals surface area contributed by atoms with Crippen molar-refractivity contribution in [3.05, 3.63) is 59.0 Å². The quantitative estimate of drug-likeness (QED) is 0.364. The molecule has 0 fully saturated rings. The maximum atomic E-state index is 13.8. The predicted octanol–water partition coefficient (Wildman–Crippen LogP) is 5.62. The lowest BCUT2D eigenvalue weighted by Crippen LogP contribution is -2.19. The third-order valence-electron chi connectivity index (χ3n) is 3.90. The molecule has 0 aromatic heterocycles. The molecule has 1 nitrogen and oxygen atoms in total. The largest absolute Gasteiger partial charge is 0.299 e. The highest BCUT2D eigenvalue weighted by Gasteiger charge is 2.26. The van der Waals surface area contributed by atoms with E-state index in [1.54, 1.807) is 19.1 Å². The zero-order chi connectivity index (χ0) is 15.9. The van der Waals surface area contributed by atoms with Gasteiger partial charge < -0.3 is 0 Å². The van der Waals surface area contributed by atoms with Gasteiger partial charge in [0.05, 0.1) is 0 Å². The van der Waals surface area contributed by atoms with E-state index in [1.807, 2.05) is 6.08 Å². The van der Waals surface area contributed by atoms with Gasteiger partial charge in [0.1, 0.15) is 12.1 Å². The molecule has 0 saturated carbocycles. The minimum absolute atomic E-state index is 0.123. The Balaban J connectivity index is 2.80. The maximum Gasteiger partial charge on any atom is 0.143 e. The van der Waals surface area contributed by atoms with Gasteiger partial charge in [-0.25, -0.2) is 4.39 Å². The first-order chi connectivity index (χ1) is 9.86. The number of carbonyl (C=O) groups is 1. The summed E-state index contributed by atoms with van der Waals surface area (Å²) in [6, 6.07) is 0. The van der Waals surface area contributed by atoms with Crippen LogP contribution in [0, 0.1) is 5.41 Å². The summed E-state index contributed by atoms with van der Waals surface area (Å²) in [4.78, 5) is 10.3. The van der Waals surface area contributed by atoms with Crippen LogP contribution < -0.4 is 0 Å². The van der Waals surface area contributed by atoms with E-state index >= 15 is 0 Å². The summed E-state index contributed by atoms with van der Waals surface area (Å²) in [5.74, 6) is -0.285. The Morgan fingerprint density at radius 3 is 2.57 bits per heavy atom. The summed E-state index contributed by atoms with van der Waals surface area (Å²) in [5, 5.41) is 0. The first kappa shape index (κ1) is 17.4. The maximum absolute atomic E-state index is 13.8. The fourth-order valence-electron chi connectivity index (χ4n) is 2.68. The minimum Gasteiger partial charge on any atom is -0.299 e. The van der Waals surface area contributed by atoms with Gasteiger partial charge in [-0.1, -0.05) is 37.6 Å². The molecule has 1 aliphatic rings. The lowest BCUT2D eigenvalue weighted by atomic mass is 9.72. The minimum atomic E-state index is -0.285. The molecule has 114 valence electrons. The normalized spacial score (nSPS) is 20.6. The van der Waals surface area contributed by atoms with Crippen molar-refractivity contribution in [1.29, 1.82) is 0 Å². The molecular weight excluding hydrogens is 263 g/mol. The summed E-state index contributed by atoms with van der Waals surface area (Å²) in [6.07, 6.45) is 13.8. The Labute approximate surface area is 127 Å². The van der Waals surface area contributed by atoms with Crippen molar-refractivity contribution in [2.75, 3.05) is 0 Å². The number of carbonyl (C=O) groups excluding carboxylic acids is 1. The Morgan fingerprint density at radius 1 is 1.24 bits per heavy atom. The van der Waals surface area contributed by atoms with Crippen LogP contribution in [-0.2, 0) is 4.79 Å². The van der Waals surface area contributed by atoms with E-state index in [2.05, 4.69) is 20.8 Å². The summed E-state index contributed by atoms with van der Waals surface area (Å²) < 4.78 is 13.8. The first-order valence-electron chi connectivity index (χ1n) is 7.41. The average Bonchev–Trinajstić information content (AvgIpc) is 2.37. The van der Waals surface area contributed by atoms with Crippen molar-refractivity contribution < 1.29 is 9.18 Å². The molecule has 2 heteroatoms. The van der Waals surface area contributed by atoms with Crippen LogP contribution in [0.25, 0.3) is 0 Å². The summed E-state index contributed by atoms with van der Waals surface area (Å²) in [6.45, 7) is 8.36. The molecule has 0 aromatic rings. The van der Waals surface area contributed by atoms with Gasteiger partial charge in [0, 0.05) is 0 Å². The average molecular weight is 288 g/mol. The molecule has 0 unspecified atom stereocenters. The van der Waals surface area contributed by atoms with Crippen LogP contribution in [0.15, 0.2) is 59.0 Å². The van der Waals surface area contributed by atoms with E-state index < -0.39 is 0 Å². The number of aldehydes is 1. The van der Waals surface area contributed by atoms with E-state index in [4.69, 9.17) is 0 Å². The Bertz CT molecular complexity index is 528. The lowest BCUT2D eigenvalue weighted by molar-refractivity contribution is -0.104. The second-order valence-electron chi connectivity index (χ2n) is 6.22. The van der Waals surface area contributed by atoms with Gasteiger partial charge in [-0.05, 0) is 67.9 Å². The topological polar surface area (TPSA) is 17.1 Å². The van der Waals surface area contributed by atoms with Crippen molar-refractivity contribution in [3.8, 4) is 0 Å². The van der Waals surface area contributed by atoms with Crippen molar-refractivity contribution in [3.63, 3.8) is 0 Å². The van der Waals surface area contributed by atoms with Crippen LogP contribution in [0.4, 0.5) is 4.39 Å². The number of rotatable bonds is 5. The van der Waals surface area contributed by atoms with Crippen LogP contribution in [0.1, 0.15) is 47.0 Å². The van der Waals surface area contributed by atoms with Gasteiger partial charge in [0.15, 0.2) is 0 Å². The number of halogens is 1. The van der Waals surface area contributed by atoms with Gasteiger partial charge in [-0.15, -0.1) is 0 Å². The second kappa shape index (κ2) is 7.92. The molecule has 1 aliphatic carbocycles. The zero-order valence-corrected chi connectivity index (χ0v) is 13.4. The molecule has 0 aliphatic heterocycles. The SMILES string of the molecule is CC1=C(/C=C/C(F)=C/C=C/C(C)=C/C=O)C(C)(C)CCC1. The van der Waals surface area contributed by atoms with Crippen molar-refractivity contribution in [2.24, 2.45) is 5.41 Å². The Morgan fingerprint density at radius 2 is 1.95 bits per heavy atom. The van der Waals surface area contributed by atoms with E-state index in [0.29, 0.717) is 0 Å². The van der Waals surface area contributed by atoms with Gasteiger partial charge in [0.25, 0.3) is 0 Å². The monoisotopic (exact) mass is 288 g/mol. The smallest absolute Gasteiger partial charge is 0.143 e. The third kappa shape index (κ3) is 5.66. The van der Waals surface area contributed by atoms with Crippen LogP contribution >= 0.6 is 0 Å². The summed E-state index contributed by atoms with van der Waals surface area (Å²) >= 11 is 0. The molecule has 0 spiro atoms. The molecular formula is C19H25FO. The highest BCUT2D eigenvalue weighted by molar-refractivity contribution is 5.66. The highest BCUT2D eigenvalue weighted by Crippen LogP contribution is 2.40. The number of hydrogen-bond acceptors (Lipinski definition) is 1. The Hall–Kier alpha value is -1.70. The van der Waals surface area contributed by atoms with Crippen LogP contribution in [0.3, 0.4) is 0 Å². The third-order valence-corrected chi connectivity index (χ3v) is 3.90. The van der Waals surface area contributed by atoms with E-state index in [9.17, 15) is 9.18 Å². The molecule has 1 rings (SSSR count). The number of allylic oxidation sites excluding steroid dienone is 10. The van der Waals surface area contributed by atoms with Gasteiger partial charge in [-0.3, -0.25) is 4.79 Å². The van der Waals surface area contributed by atoms with Crippen LogP contribution in [0.2, 0.25) is 0 Å². The molecule has 0 aromatic carbocycles. The van der Waals surface area contributed by atoms with E-state index in [-0.39, 0.29) is 11.2 Å². The van der Waals surface area contributed by atoms with Crippen molar-refractivity contribution in [2.45, 2.75) is 47.0 Å². The standard InChI is InChI=1S/C19H25FO/c1-15(12-14-21)7-5-9-17(20)10-11-18-16(2)8-6-13-19(18,3)4/h5,7,9-12,14H,6,8,13H2,1-4H3/b7-5+,11-10+,15-12+,17-9-. The Kier molecular flexibility index (Phi) is 6.54. The van der Waals surface area contributed by atoms with Crippen LogP contribution in [-0.4, -0.2) is 6.29 Å². The van der Waals surface area contributed by atoms with Crippen LogP contribution in [0.5, 0.6) is 0 Å². The van der Waals surface area contributed by atoms with E-state index in [1.165, 1.54) is 35.8 Å². The van der Waals surface area contributed by atoms with Crippen molar-refractivity contribution >= 4 is 6.29 Å².